The van der Waals surface area contributed by atoms with Crippen molar-refractivity contribution in [1.29, 1.82) is 0 Å². The van der Waals surface area contributed by atoms with E-state index in [-0.39, 0.29) is 12.3 Å². The van der Waals surface area contributed by atoms with E-state index >= 15 is 0 Å². The summed E-state index contributed by atoms with van der Waals surface area (Å²) in [7, 11) is 1.45. The lowest BCUT2D eigenvalue weighted by Crippen LogP contribution is -2.46. The number of aliphatic hydroxyl groups excluding tert-OH is 5. The fourth-order valence-corrected chi connectivity index (χ4v) is 2.80. The highest BCUT2D eigenvalue weighted by Crippen LogP contribution is 2.08. The minimum Gasteiger partial charge on any atom is -0.469 e. The SMILES string of the molecule is CCCCC/C=C\C/C=C\CCCCCCCC(=O)OC.O=C[C@H](O)[C@@H](O)[C@H](O)[C@H](O)CO. The molecule has 0 bridgehead atoms. The van der Waals surface area contributed by atoms with Crippen molar-refractivity contribution in [3.05, 3.63) is 24.3 Å². The van der Waals surface area contributed by atoms with Crippen molar-refractivity contribution in [2.24, 2.45) is 0 Å². The number of unbranched alkanes of at least 4 members (excludes halogenated alkanes) is 8. The summed E-state index contributed by atoms with van der Waals surface area (Å²) in [5, 5.41) is 43.5. The number of hydrogen-bond acceptors (Lipinski definition) is 8. The molecule has 0 aliphatic rings. The Hall–Kier alpha value is -1.58. The quantitative estimate of drug-likeness (QED) is 0.0831. The van der Waals surface area contributed by atoms with Gasteiger partial charge in [-0.2, -0.15) is 0 Å². The predicted octanol–water partition coefficient (Wildman–Crippen LogP) is 2.59. The van der Waals surface area contributed by atoms with E-state index in [1.807, 2.05) is 0 Å². The van der Waals surface area contributed by atoms with Crippen LogP contribution in [-0.4, -0.2) is 75.9 Å². The molecule has 0 saturated heterocycles. The Balaban J connectivity index is 0. The molecule has 4 atom stereocenters. The van der Waals surface area contributed by atoms with Crippen LogP contribution in [0.1, 0.15) is 84.0 Å². The second-order valence-corrected chi connectivity index (χ2v) is 7.91. The third kappa shape index (κ3) is 22.0. The molecule has 0 heterocycles. The highest BCUT2D eigenvalue weighted by molar-refractivity contribution is 5.68. The van der Waals surface area contributed by atoms with Crippen LogP contribution in [0, 0.1) is 0 Å². The molecule has 0 aromatic rings. The number of carbonyl (C=O) groups excluding carboxylic acids is 2. The first-order valence-corrected chi connectivity index (χ1v) is 12.0. The highest BCUT2D eigenvalue weighted by atomic mass is 16.5. The molecular weight excluding hydrogens is 428 g/mol. The van der Waals surface area contributed by atoms with Crippen LogP contribution in [0.3, 0.4) is 0 Å². The molecule has 0 rings (SSSR count). The lowest BCUT2D eigenvalue weighted by Gasteiger charge is -2.22. The fraction of sp³-hybridized carbons (Fsp3) is 0.760. The van der Waals surface area contributed by atoms with Crippen molar-refractivity contribution in [2.75, 3.05) is 13.7 Å². The van der Waals surface area contributed by atoms with Gasteiger partial charge in [-0.3, -0.25) is 4.79 Å². The van der Waals surface area contributed by atoms with Gasteiger partial charge >= 0.3 is 5.97 Å². The summed E-state index contributed by atoms with van der Waals surface area (Å²) in [6.45, 7) is 1.48. The summed E-state index contributed by atoms with van der Waals surface area (Å²) in [6, 6.07) is 0. The average molecular weight is 475 g/mol. The molecule has 0 amide bonds. The molecule has 0 spiro atoms. The van der Waals surface area contributed by atoms with Gasteiger partial charge in [-0.05, 0) is 38.5 Å². The normalized spacial score (nSPS) is 15.0. The Labute approximate surface area is 199 Å². The Morgan fingerprint density at radius 1 is 0.818 bits per heavy atom. The molecule has 0 unspecified atom stereocenters. The van der Waals surface area contributed by atoms with Crippen molar-refractivity contribution in [3.8, 4) is 0 Å². The summed E-state index contributed by atoms with van der Waals surface area (Å²) >= 11 is 0. The van der Waals surface area contributed by atoms with Gasteiger partial charge in [0.2, 0.25) is 0 Å². The Kier molecular flexibility index (Phi) is 25.5. The van der Waals surface area contributed by atoms with E-state index in [1.165, 1.54) is 58.5 Å². The number of aliphatic hydroxyl groups is 5. The molecule has 8 nitrogen and oxygen atoms in total. The molecule has 0 aliphatic heterocycles. The second-order valence-electron chi connectivity index (χ2n) is 7.91. The van der Waals surface area contributed by atoms with Crippen molar-refractivity contribution < 1.29 is 39.9 Å². The van der Waals surface area contributed by atoms with Crippen LogP contribution in [0.15, 0.2) is 24.3 Å². The Bertz CT molecular complexity index is 507. The van der Waals surface area contributed by atoms with Gasteiger partial charge in [-0.15, -0.1) is 0 Å². The van der Waals surface area contributed by atoms with Crippen molar-refractivity contribution in [3.63, 3.8) is 0 Å². The fourth-order valence-electron chi connectivity index (χ4n) is 2.80. The third-order valence-corrected chi connectivity index (χ3v) is 4.98. The topological polar surface area (TPSA) is 145 Å². The van der Waals surface area contributed by atoms with Gasteiger partial charge in [0, 0.05) is 6.42 Å². The predicted molar refractivity (Wildman–Crippen MR) is 129 cm³/mol. The van der Waals surface area contributed by atoms with Gasteiger partial charge in [0.25, 0.3) is 0 Å². The lowest BCUT2D eigenvalue weighted by atomic mass is 10.0. The van der Waals surface area contributed by atoms with E-state index in [2.05, 4.69) is 36.0 Å². The minimum atomic E-state index is -1.79. The van der Waals surface area contributed by atoms with Crippen LogP contribution in [0.2, 0.25) is 0 Å². The number of rotatable bonds is 19. The van der Waals surface area contributed by atoms with E-state index in [0.717, 1.165) is 19.3 Å². The summed E-state index contributed by atoms with van der Waals surface area (Å²) < 4.78 is 4.62. The van der Waals surface area contributed by atoms with Crippen LogP contribution in [0.5, 0.6) is 0 Å². The van der Waals surface area contributed by atoms with Crippen LogP contribution in [0.25, 0.3) is 0 Å². The van der Waals surface area contributed by atoms with Gasteiger partial charge < -0.3 is 35.1 Å². The second kappa shape index (κ2) is 25.1. The monoisotopic (exact) mass is 474 g/mol. The molecule has 0 saturated carbocycles. The van der Waals surface area contributed by atoms with Crippen LogP contribution in [-0.2, 0) is 14.3 Å². The molecule has 33 heavy (non-hydrogen) atoms. The summed E-state index contributed by atoms with van der Waals surface area (Å²) in [5.41, 5.74) is 0. The first-order chi connectivity index (χ1) is 15.8. The molecule has 0 fully saturated rings. The number of methoxy groups -OCH3 is 1. The molecule has 0 aliphatic carbocycles. The summed E-state index contributed by atoms with van der Waals surface area (Å²) in [4.78, 5) is 20.8. The zero-order chi connectivity index (χ0) is 25.3. The van der Waals surface area contributed by atoms with E-state index in [1.54, 1.807) is 0 Å². The van der Waals surface area contributed by atoms with Crippen molar-refractivity contribution in [2.45, 2.75) is 108 Å². The summed E-state index contributed by atoms with van der Waals surface area (Å²) in [6.07, 6.45) is 16.2. The van der Waals surface area contributed by atoms with Gasteiger partial charge in [0.15, 0.2) is 6.29 Å². The van der Waals surface area contributed by atoms with Crippen LogP contribution < -0.4 is 0 Å². The Morgan fingerprint density at radius 2 is 1.36 bits per heavy atom. The van der Waals surface area contributed by atoms with Crippen molar-refractivity contribution >= 4 is 12.3 Å². The molecule has 194 valence electrons. The standard InChI is InChI=1S/C19H34O2.C6H12O6/c1-3-4-5-6-7-8-9-10-11-12-13-14-15-16-17-18-19(20)21-2;7-1-3(9)5(11)6(12)4(10)2-8/h7-8,10-11H,3-6,9,12-18H2,1-2H3;1,3-6,8-12H,2H2/b8-7-,11-10-;/t;3-,4+,5+,6+/m.0/s1. The first-order valence-electron chi connectivity index (χ1n) is 12.0. The molecule has 0 radical (unpaired) electrons. The molecule has 8 heteroatoms. The number of aldehydes is 1. The number of allylic oxidation sites excluding steroid dienone is 4. The highest BCUT2D eigenvalue weighted by Gasteiger charge is 2.29. The van der Waals surface area contributed by atoms with Crippen LogP contribution in [0.4, 0.5) is 0 Å². The lowest BCUT2D eigenvalue weighted by molar-refractivity contribution is -0.140. The zero-order valence-corrected chi connectivity index (χ0v) is 20.3. The maximum absolute atomic E-state index is 10.9. The number of carbonyl (C=O) groups is 2. The van der Waals surface area contributed by atoms with E-state index in [4.69, 9.17) is 25.5 Å². The van der Waals surface area contributed by atoms with Gasteiger partial charge in [0.1, 0.15) is 24.4 Å². The first kappa shape index (κ1) is 33.6. The Morgan fingerprint density at radius 3 is 1.88 bits per heavy atom. The summed E-state index contributed by atoms with van der Waals surface area (Å²) in [5.74, 6) is -0.0827. The largest absolute Gasteiger partial charge is 0.469 e. The molecule has 5 N–H and O–H groups in total. The maximum Gasteiger partial charge on any atom is 0.305 e. The minimum absolute atomic E-state index is 0.0258. The molecular formula is C25H46O8. The van der Waals surface area contributed by atoms with Gasteiger partial charge in [0.05, 0.1) is 13.7 Å². The third-order valence-electron chi connectivity index (χ3n) is 4.98. The van der Waals surface area contributed by atoms with E-state index < -0.39 is 31.0 Å². The number of ether oxygens (including phenoxy) is 1. The number of esters is 1. The van der Waals surface area contributed by atoms with E-state index in [9.17, 15) is 9.59 Å². The van der Waals surface area contributed by atoms with Crippen molar-refractivity contribution in [1.82, 2.24) is 0 Å². The van der Waals surface area contributed by atoms with Crippen LogP contribution >= 0.6 is 0 Å². The number of hydrogen-bond donors (Lipinski definition) is 5. The molecule has 0 aromatic heterocycles. The maximum atomic E-state index is 10.9. The van der Waals surface area contributed by atoms with E-state index in [0.29, 0.717) is 6.42 Å². The smallest absolute Gasteiger partial charge is 0.305 e. The molecule has 0 aromatic carbocycles. The zero-order valence-electron chi connectivity index (χ0n) is 20.3. The van der Waals surface area contributed by atoms with Gasteiger partial charge in [-0.1, -0.05) is 63.3 Å². The average Bonchev–Trinajstić information content (AvgIpc) is 2.84. The van der Waals surface area contributed by atoms with Gasteiger partial charge in [-0.25, -0.2) is 0 Å².